The quantitative estimate of drug-likeness (QED) is 0.743. The summed E-state index contributed by atoms with van der Waals surface area (Å²) < 4.78 is 5.67. The maximum absolute atomic E-state index is 5.67. The zero-order chi connectivity index (χ0) is 11.4. The van der Waals surface area contributed by atoms with Crippen molar-refractivity contribution in [2.24, 2.45) is 5.92 Å². The number of nitrogens with one attached hydrogen (secondary N) is 1. The molecule has 1 aromatic rings. The van der Waals surface area contributed by atoms with Crippen LogP contribution in [0, 0.1) is 12.8 Å². The first-order chi connectivity index (χ1) is 7.75. The van der Waals surface area contributed by atoms with Crippen LogP contribution in [-0.2, 0) is 0 Å². The fraction of sp³-hybridized carbons (Fsp3) is 0.571. The maximum atomic E-state index is 5.67. The van der Waals surface area contributed by atoms with Gasteiger partial charge in [-0.1, -0.05) is 12.1 Å². The van der Waals surface area contributed by atoms with E-state index in [4.69, 9.17) is 4.74 Å². The minimum atomic E-state index is 0.654. The van der Waals surface area contributed by atoms with E-state index in [9.17, 15) is 0 Å². The van der Waals surface area contributed by atoms with Crippen molar-refractivity contribution in [3.05, 3.63) is 29.8 Å². The number of hydrogen-bond donors (Lipinski definition) is 1. The summed E-state index contributed by atoms with van der Waals surface area (Å²) in [7, 11) is 0. The van der Waals surface area contributed by atoms with Crippen molar-refractivity contribution < 1.29 is 4.74 Å². The predicted octanol–water partition coefficient (Wildman–Crippen LogP) is 2.76. The molecule has 1 aromatic carbocycles. The molecule has 1 saturated carbocycles. The topological polar surface area (TPSA) is 21.3 Å². The second-order valence-electron chi connectivity index (χ2n) is 4.75. The summed E-state index contributed by atoms with van der Waals surface area (Å²) in [5.41, 5.74) is 1.25. The highest BCUT2D eigenvalue weighted by molar-refractivity contribution is 5.27. The van der Waals surface area contributed by atoms with Crippen LogP contribution in [0.4, 0.5) is 0 Å². The van der Waals surface area contributed by atoms with Crippen molar-refractivity contribution in [2.75, 3.05) is 13.2 Å². The molecule has 0 amide bonds. The van der Waals surface area contributed by atoms with Gasteiger partial charge in [-0.3, -0.25) is 0 Å². The van der Waals surface area contributed by atoms with Crippen LogP contribution in [0.5, 0.6) is 5.75 Å². The van der Waals surface area contributed by atoms with Gasteiger partial charge in [0.05, 0.1) is 0 Å². The number of ether oxygens (including phenoxy) is 1. The third kappa shape index (κ3) is 3.53. The molecule has 1 fully saturated rings. The molecule has 2 heteroatoms. The van der Waals surface area contributed by atoms with Crippen LogP contribution in [-0.4, -0.2) is 19.2 Å². The number of rotatable bonds is 6. The van der Waals surface area contributed by atoms with E-state index in [1.54, 1.807) is 0 Å². The molecule has 0 bridgehead atoms. The average Bonchev–Trinajstić information content (AvgIpc) is 3.08. The second kappa shape index (κ2) is 5.35. The Morgan fingerprint density at radius 3 is 2.94 bits per heavy atom. The summed E-state index contributed by atoms with van der Waals surface area (Å²) >= 11 is 0. The summed E-state index contributed by atoms with van der Waals surface area (Å²) in [4.78, 5) is 0. The van der Waals surface area contributed by atoms with Crippen LogP contribution >= 0.6 is 0 Å². The molecule has 0 saturated heterocycles. The highest BCUT2D eigenvalue weighted by atomic mass is 16.5. The zero-order valence-corrected chi connectivity index (χ0v) is 10.2. The lowest BCUT2D eigenvalue weighted by molar-refractivity contribution is 0.303. The third-order valence-electron chi connectivity index (χ3n) is 3.16. The lowest BCUT2D eigenvalue weighted by Crippen LogP contribution is -2.31. The summed E-state index contributed by atoms with van der Waals surface area (Å²) in [5.74, 6) is 1.89. The molecule has 1 N–H and O–H groups in total. The standard InChI is InChI=1S/C14H21NO/c1-11-4-3-5-14(10-11)16-9-8-15-12(2)13-6-7-13/h3-5,10,12-13,15H,6-9H2,1-2H3. The first-order valence-electron chi connectivity index (χ1n) is 6.18. The lowest BCUT2D eigenvalue weighted by atomic mass is 10.2. The average molecular weight is 219 g/mol. The largest absolute Gasteiger partial charge is 0.492 e. The van der Waals surface area contributed by atoms with Crippen LogP contribution in [0.3, 0.4) is 0 Å². The van der Waals surface area contributed by atoms with E-state index in [0.717, 1.165) is 24.8 Å². The van der Waals surface area contributed by atoms with Crippen LogP contribution < -0.4 is 10.1 Å². The summed E-state index contributed by atoms with van der Waals surface area (Å²) in [5, 5.41) is 3.50. The Morgan fingerprint density at radius 1 is 1.44 bits per heavy atom. The van der Waals surface area contributed by atoms with Crippen molar-refractivity contribution in [2.45, 2.75) is 32.7 Å². The fourth-order valence-corrected chi connectivity index (χ4v) is 1.92. The molecule has 1 unspecified atom stereocenters. The first-order valence-corrected chi connectivity index (χ1v) is 6.18. The van der Waals surface area contributed by atoms with E-state index in [1.165, 1.54) is 18.4 Å². The molecular weight excluding hydrogens is 198 g/mol. The smallest absolute Gasteiger partial charge is 0.119 e. The molecule has 0 aromatic heterocycles. The Balaban J connectivity index is 1.63. The van der Waals surface area contributed by atoms with Gasteiger partial charge in [0.1, 0.15) is 12.4 Å². The first kappa shape index (κ1) is 11.5. The molecule has 2 rings (SSSR count). The Bertz CT molecular complexity index is 333. The molecule has 88 valence electrons. The molecule has 0 radical (unpaired) electrons. The van der Waals surface area contributed by atoms with Crippen molar-refractivity contribution in [1.29, 1.82) is 0 Å². The highest BCUT2D eigenvalue weighted by Gasteiger charge is 2.27. The van der Waals surface area contributed by atoms with Crippen molar-refractivity contribution in [1.82, 2.24) is 5.32 Å². The maximum Gasteiger partial charge on any atom is 0.119 e. The van der Waals surface area contributed by atoms with Gasteiger partial charge in [0.15, 0.2) is 0 Å². The van der Waals surface area contributed by atoms with E-state index in [0.29, 0.717) is 6.04 Å². The van der Waals surface area contributed by atoms with Gasteiger partial charge in [-0.2, -0.15) is 0 Å². The minimum absolute atomic E-state index is 0.654. The van der Waals surface area contributed by atoms with Gasteiger partial charge >= 0.3 is 0 Å². The van der Waals surface area contributed by atoms with Crippen molar-refractivity contribution in [3.63, 3.8) is 0 Å². The summed E-state index contributed by atoms with van der Waals surface area (Å²) in [6, 6.07) is 8.86. The van der Waals surface area contributed by atoms with Crippen LogP contribution in [0.15, 0.2) is 24.3 Å². The Hall–Kier alpha value is -1.02. The predicted molar refractivity (Wildman–Crippen MR) is 66.9 cm³/mol. The van der Waals surface area contributed by atoms with Crippen molar-refractivity contribution in [3.8, 4) is 5.75 Å². The minimum Gasteiger partial charge on any atom is -0.492 e. The monoisotopic (exact) mass is 219 g/mol. The Labute approximate surface area is 98.0 Å². The molecular formula is C14H21NO. The summed E-state index contributed by atoms with van der Waals surface area (Å²) in [6.45, 7) is 6.04. The van der Waals surface area contributed by atoms with Gasteiger partial charge in [-0.05, 0) is 50.3 Å². The third-order valence-corrected chi connectivity index (χ3v) is 3.16. The molecule has 16 heavy (non-hydrogen) atoms. The Morgan fingerprint density at radius 2 is 2.25 bits per heavy atom. The molecule has 0 spiro atoms. The van der Waals surface area contributed by atoms with Gasteiger partial charge in [0, 0.05) is 12.6 Å². The van der Waals surface area contributed by atoms with Crippen LogP contribution in [0.1, 0.15) is 25.3 Å². The highest BCUT2D eigenvalue weighted by Crippen LogP contribution is 2.32. The molecule has 1 atom stereocenters. The van der Waals surface area contributed by atoms with Crippen LogP contribution in [0.2, 0.25) is 0 Å². The van der Waals surface area contributed by atoms with E-state index in [-0.39, 0.29) is 0 Å². The fourth-order valence-electron chi connectivity index (χ4n) is 1.92. The molecule has 1 aliphatic rings. The van der Waals surface area contributed by atoms with Crippen molar-refractivity contribution >= 4 is 0 Å². The molecule has 2 nitrogen and oxygen atoms in total. The van der Waals surface area contributed by atoms with Gasteiger partial charge in [0.25, 0.3) is 0 Å². The number of hydrogen-bond acceptors (Lipinski definition) is 2. The van der Waals surface area contributed by atoms with Gasteiger partial charge in [0.2, 0.25) is 0 Å². The summed E-state index contributed by atoms with van der Waals surface area (Å²) in [6.07, 6.45) is 2.79. The second-order valence-corrected chi connectivity index (χ2v) is 4.75. The van der Waals surface area contributed by atoms with Gasteiger partial charge in [-0.15, -0.1) is 0 Å². The van der Waals surface area contributed by atoms with Gasteiger partial charge < -0.3 is 10.1 Å². The van der Waals surface area contributed by atoms with E-state index >= 15 is 0 Å². The molecule has 0 heterocycles. The number of benzene rings is 1. The zero-order valence-electron chi connectivity index (χ0n) is 10.2. The SMILES string of the molecule is Cc1cccc(OCCNC(C)C2CC2)c1. The number of aryl methyl sites for hydroxylation is 1. The lowest BCUT2D eigenvalue weighted by Gasteiger charge is -2.13. The normalized spacial score (nSPS) is 17.1. The van der Waals surface area contributed by atoms with Gasteiger partial charge in [-0.25, -0.2) is 0 Å². The Kier molecular flexibility index (Phi) is 3.83. The van der Waals surface area contributed by atoms with E-state index in [1.807, 2.05) is 12.1 Å². The van der Waals surface area contributed by atoms with Crippen LogP contribution in [0.25, 0.3) is 0 Å². The molecule has 0 aliphatic heterocycles. The van der Waals surface area contributed by atoms with E-state index < -0.39 is 0 Å². The van der Waals surface area contributed by atoms with E-state index in [2.05, 4.69) is 31.3 Å². The molecule has 1 aliphatic carbocycles.